The van der Waals surface area contributed by atoms with Crippen molar-refractivity contribution in [3.05, 3.63) is 34.9 Å². The maximum absolute atomic E-state index is 2.54. The van der Waals surface area contributed by atoms with E-state index < -0.39 is 0 Å². The van der Waals surface area contributed by atoms with Crippen LogP contribution in [0.2, 0.25) is 0 Å². The third-order valence-corrected chi connectivity index (χ3v) is 9.34. The van der Waals surface area contributed by atoms with Gasteiger partial charge in [-0.1, -0.05) is 122 Å². The minimum absolute atomic E-state index is 0.832. The highest BCUT2D eigenvalue weighted by atomic mass is 14.3. The van der Waals surface area contributed by atoms with Crippen LogP contribution in [0.1, 0.15) is 158 Å². The van der Waals surface area contributed by atoms with E-state index in [0.29, 0.717) is 0 Å². The fraction of sp³-hybridized carbons (Fsp3) is 0.818. The van der Waals surface area contributed by atoms with Crippen molar-refractivity contribution in [3.63, 3.8) is 0 Å². The molecule has 0 N–H and O–H groups in total. The van der Waals surface area contributed by atoms with Crippen molar-refractivity contribution in [2.75, 3.05) is 0 Å². The number of rotatable bonds is 14. The van der Waals surface area contributed by atoms with Crippen molar-refractivity contribution in [2.24, 2.45) is 17.8 Å². The summed E-state index contributed by atoms with van der Waals surface area (Å²) in [6.07, 6.45) is 29.0. The molecule has 0 unspecified atom stereocenters. The second-order valence-corrected chi connectivity index (χ2v) is 12.0. The molecule has 2 aliphatic rings. The molecule has 188 valence electrons. The Balaban J connectivity index is 1.33. The van der Waals surface area contributed by atoms with E-state index in [1.807, 2.05) is 0 Å². The summed E-state index contributed by atoms with van der Waals surface area (Å²) in [5.74, 6) is 3.88. The first kappa shape index (κ1) is 26.8. The van der Waals surface area contributed by atoms with Crippen LogP contribution in [0.3, 0.4) is 0 Å². The third kappa shape index (κ3) is 9.41. The molecule has 0 atom stereocenters. The smallest absolute Gasteiger partial charge is 0.0159 e. The lowest BCUT2D eigenvalue weighted by Gasteiger charge is -2.30. The maximum atomic E-state index is 2.54. The summed E-state index contributed by atoms with van der Waals surface area (Å²) < 4.78 is 0. The van der Waals surface area contributed by atoms with Gasteiger partial charge in [-0.3, -0.25) is 0 Å². The van der Waals surface area contributed by atoms with E-state index in [1.54, 1.807) is 16.7 Å². The lowest BCUT2D eigenvalue weighted by atomic mass is 9.75. The molecule has 0 nitrogen and oxygen atoms in total. The standard InChI is InChI=1S/C33H56/c1-4-6-7-8-9-10-11-13-29-20-23-32(24-21-29)33-25-22-31(26-27(33)3)19-18-30-16-14-28(12-5-2)15-17-30/h22,25-26,28-30,32H,4-21,23-24H2,1-3H3. The van der Waals surface area contributed by atoms with Gasteiger partial charge in [0, 0.05) is 0 Å². The summed E-state index contributed by atoms with van der Waals surface area (Å²) >= 11 is 0. The van der Waals surface area contributed by atoms with Gasteiger partial charge in [-0.15, -0.1) is 0 Å². The van der Waals surface area contributed by atoms with Crippen LogP contribution in [0, 0.1) is 24.7 Å². The van der Waals surface area contributed by atoms with Gasteiger partial charge in [0.15, 0.2) is 0 Å². The van der Waals surface area contributed by atoms with Gasteiger partial charge in [0.05, 0.1) is 0 Å². The fourth-order valence-corrected chi connectivity index (χ4v) is 7.09. The molecule has 0 saturated heterocycles. The molecule has 2 fully saturated rings. The zero-order chi connectivity index (χ0) is 23.3. The van der Waals surface area contributed by atoms with E-state index in [1.165, 1.54) is 128 Å². The van der Waals surface area contributed by atoms with Crippen molar-refractivity contribution < 1.29 is 0 Å². The van der Waals surface area contributed by atoms with Gasteiger partial charge in [0.25, 0.3) is 0 Å². The highest BCUT2D eigenvalue weighted by Gasteiger charge is 2.24. The highest BCUT2D eigenvalue weighted by molar-refractivity contribution is 5.34. The summed E-state index contributed by atoms with van der Waals surface area (Å²) in [5, 5.41) is 0. The fourth-order valence-electron chi connectivity index (χ4n) is 7.09. The third-order valence-electron chi connectivity index (χ3n) is 9.34. The van der Waals surface area contributed by atoms with Gasteiger partial charge in [-0.2, -0.15) is 0 Å². The lowest BCUT2D eigenvalue weighted by molar-refractivity contribution is 0.252. The molecule has 2 saturated carbocycles. The normalized spacial score (nSPS) is 25.9. The van der Waals surface area contributed by atoms with E-state index in [4.69, 9.17) is 0 Å². The Morgan fingerprint density at radius 2 is 1.18 bits per heavy atom. The SMILES string of the molecule is CCCCCCCCCC1CCC(c2ccc(CCC3CCC(CCC)CC3)cc2C)CC1. The Bertz CT molecular complexity index is 627. The van der Waals surface area contributed by atoms with Gasteiger partial charge in [0.2, 0.25) is 0 Å². The largest absolute Gasteiger partial charge is 0.0654 e. The Morgan fingerprint density at radius 1 is 0.606 bits per heavy atom. The molecule has 0 radical (unpaired) electrons. The van der Waals surface area contributed by atoms with E-state index in [-0.39, 0.29) is 0 Å². The molecule has 0 aromatic heterocycles. The second-order valence-electron chi connectivity index (χ2n) is 12.0. The van der Waals surface area contributed by atoms with E-state index in [0.717, 1.165) is 23.7 Å². The van der Waals surface area contributed by atoms with Crippen LogP contribution in [0.4, 0.5) is 0 Å². The molecule has 0 bridgehead atoms. The molecule has 0 heteroatoms. The first-order chi connectivity index (χ1) is 16.2. The van der Waals surface area contributed by atoms with Crippen LogP contribution in [0.5, 0.6) is 0 Å². The number of hydrogen-bond donors (Lipinski definition) is 0. The molecular weight excluding hydrogens is 396 g/mol. The molecule has 1 aromatic rings. The van der Waals surface area contributed by atoms with Crippen LogP contribution in [-0.4, -0.2) is 0 Å². The van der Waals surface area contributed by atoms with E-state index >= 15 is 0 Å². The zero-order valence-corrected chi connectivity index (χ0v) is 22.7. The van der Waals surface area contributed by atoms with Crippen molar-refractivity contribution in [2.45, 2.75) is 155 Å². The average Bonchev–Trinajstić information content (AvgIpc) is 2.84. The van der Waals surface area contributed by atoms with E-state index in [2.05, 4.69) is 39.0 Å². The van der Waals surface area contributed by atoms with Gasteiger partial charge in [-0.05, 0) is 85.8 Å². The number of aryl methyl sites for hydroxylation is 2. The topological polar surface area (TPSA) is 0 Å². The number of unbranched alkanes of at least 4 members (excludes halogenated alkanes) is 6. The lowest BCUT2D eigenvalue weighted by Crippen LogP contribution is -2.15. The van der Waals surface area contributed by atoms with Crippen molar-refractivity contribution in [3.8, 4) is 0 Å². The van der Waals surface area contributed by atoms with Crippen LogP contribution in [0.25, 0.3) is 0 Å². The van der Waals surface area contributed by atoms with Crippen molar-refractivity contribution >= 4 is 0 Å². The summed E-state index contributed by atoms with van der Waals surface area (Å²) in [6, 6.07) is 7.54. The van der Waals surface area contributed by atoms with Crippen molar-refractivity contribution in [1.29, 1.82) is 0 Å². The zero-order valence-electron chi connectivity index (χ0n) is 22.7. The molecule has 0 heterocycles. The van der Waals surface area contributed by atoms with Crippen LogP contribution in [-0.2, 0) is 6.42 Å². The predicted octanol–water partition coefficient (Wildman–Crippen LogP) is 10.9. The molecule has 3 rings (SSSR count). The number of hydrogen-bond acceptors (Lipinski definition) is 0. The molecular formula is C33H56. The molecule has 33 heavy (non-hydrogen) atoms. The van der Waals surface area contributed by atoms with Gasteiger partial charge in [0.1, 0.15) is 0 Å². The highest BCUT2D eigenvalue weighted by Crippen LogP contribution is 2.39. The first-order valence-corrected chi connectivity index (χ1v) is 15.3. The molecule has 0 spiro atoms. The first-order valence-electron chi connectivity index (χ1n) is 15.3. The molecule has 1 aromatic carbocycles. The Morgan fingerprint density at radius 3 is 1.82 bits per heavy atom. The summed E-state index contributed by atoms with van der Waals surface area (Å²) in [5.41, 5.74) is 4.85. The van der Waals surface area contributed by atoms with Crippen LogP contribution >= 0.6 is 0 Å². The average molecular weight is 453 g/mol. The Hall–Kier alpha value is -0.780. The maximum Gasteiger partial charge on any atom is -0.0159 e. The summed E-state index contributed by atoms with van der Waals surface area (Å²) in [7, 11) is 0. The molecule has 0 aliphatic heterocycles. The second kappa shape index (κ2) is 15.3. The molecule has 2 aliphatic carbocycles. The Labute approximate surface area is 207 Å². The minimum Gasteiger partial charge on any atom is -0.0654 e. The molecule has 0 amide bonds. The predicted molar refractivity (Wildman–Crippen MR) is 147 cm³/mol. The monoisotopic (exact) mass is 452 g/mol. The summed E-state index contributed by atoms with van der Waals surface area (Å²) in [6.45, 7) is 7.05. The Kier molecular flexibility index (Phi) is 12.4. The van der Waals surface area contributed by atoms with Crippen LogP contribution in [0.15, 0.2) is 18.2 Å². The van der Waals surface area contributed by atoms with Gasteiger partial charge < -0.3 is 0 Å². The minimum atomic E-state index is 0.832. The number of benzene rings is 1. The quantitative estimate of drug-likeness (QED) is 0.246. The van der Waals surface area contributed by atoms with Gasteiger partial charge >= 0.3 is 0 Å². The summed E-state index contributed by atoms with van der Waals surface area (Å²) in [4.78, 5) is 0. The van der Waals surface area contributed by atoms with Crippen LogP contribution < -0.4 is 0 Å². The van der Waals surface area contributed by atoms with Gasteiger partial charge in [-0.25, -0.2) is 0 Å². The van der Waals surface area contributed by atoms with Crippen molar-refractivity contribution in [1.82, 2.24) is 0 Å². The van der Waals surface area contributed by atoms with E-state index in [9.17, 15) is 0 Å².